The highest BCUT2D eigenvalue weighted by Crippen LogP contribution is 2.59. The number of likely N-dealkylation sites (tertiary alicyclic amines) is 1. The van der Waals surface area contributed by atoms with E-state index in [2.05, 4.69) is 55.3 Å². The minimum atomic E-state index is -0.304. The Kier molecular flexibility index (Phi) is 8.30. The van der Waals surface area contributed by atoms with Crippen LogP contribution in [0.25, 0.3) is 4.85 Å². The largest absolute Gasteiger partial charge is 0.489 e. The van der Waals surface area contributed by atoms with E-state index in [1.165, 1.54) is 0 Å². The third-order valence-electron chi connectivity index (χ3n) is 8.90. The Morgan fingerprint density at radius 3 is 2.55 bits per heavy atom. The first kappa shape index (κ1) is 30.0. The average molecular weight is 588 g/mol. The second-order valence-corrected chi connectivity index (χ2v) is 13.2. The summed E-state index contributed by atoms with van der Waals surface area (Å²) in [5.41, 5.74) is 2.47. The van der Waals surface area contributed by atoms with Gasteiger partial charge in [0.1, 0.15) is 11.9 Å². The van der Waals surface area contributed by atoms with Crippen LogP contribution >= 0.6 is 11.6 Å². The van der Waals surface area contributed by atoms with Gasteiger partial charge in [-0.1, -0.05) is 57.2 Å². The molecule has 7 nitrogen and oxygen atoms in total. The second kappa shape index (κ2) is 11.6. The van der Waals surface area contributed by atoms with Gasteiger partial charge in [0.05, 0.1) is 24.6 Å². The summed E-state index contributed by atoms with van der Waals surface area (Å²) < 4.78 is 11.4. The molecule has 2 aromatic carbocycles. The van der Waals surface area contributed by atoms with E-state index in [1.807, 2.05) is 24.0 Å². The number of amides is 1. The van der Waals surface area contributed by atoms with Crippen molar-refractivity contribution in [3.05, 3.63) is 69.5 Å². The van der Waals surface area contributed by atoms with Gasteiger partial charge in [-0.2, -0.15) is 0 Å². The third-order valence-corrected chi connectivity index (χ3v) is 9.20. The first-order valence-electron chi connectivity index (χ1n) is 14.6. The van der Waals surface area contributed by atoms with Crippen LogP contribution in [0.1, 0.15) is 68.9 Å². The highest BCUT2D eigenvalue weighted by atomic mass is 35.5. The van der Waals surface area contributed by atoms with E-state index >= 15 is 0 Å². The summed E-state index contributed by atoms with van der Waals surface area (Å²) in [6, 6.07) is 11.0. The minimum absolute atomic E-state index is 0.0205. The molecule has 2 aliphatic heterocycles. The number of carbonyl (C=O) groups is 2. The van der Waals surface area contributed by atoms with E-state index in [0.717, 1.165) is 42.7 Å². The number of rotatable bonds is 8. The van der Waals surface area contributed by atoms with Crippen LogP contribution < -0.4 is 4.74 Å². The number of ether oxygens (including phenoxy) is 2. The van der Waals surface area contributed by atoms with Crippen LogP contribution in [0.4, 0.5) is 5.69 Å². The molecule has 0 unspecified atom stereocenters. The quantitative estimate of drug-likeness (QED) is 0.204. The zero-order chi connectivity index (χ0) is 30.2. The van der Waals surface area contributed by atoms with Gasteiger partial charge >= 0.3 is 5.97 Å². The van der Waals surface area contributed by atoms with E-state index in [1.54, 1.807) is 18.2 Å². The molecule has 220 valence electrons. The summed E-state index contributed by atoms with van der Waals surface area (Å²) in [5, 5.41) is 0.374. The number of fused-ring (bicyclic) bond motifs is 1. The van der Waals surface area contributed by atoms with Gasteiger partial charge in [-0.15, -0.1) is 0 Å². The van der Waals surface area contributed by atoms with Gasteiger partial charge < -0.3 is 19.3 Å². The van der Waals surface area contributed by atoms with Crippen LogP contribution in [0.15, 0.2) is 36.4 Å². The molecule has 2 aromatic rings. The summed E-state index contributed by atoms with van der Waals surface area (Å²) in [4.78, 5) is 32.8. The SMILES string of the molecule is [C-]#[N+]c1ccc(OC2C(C)(C)C(N3Cc4cc(C#CCC5CN(CCC(=O)OCC)C5)ccc4C3=O)C2(C)C)cc1Cl. The minimum Gasteiger partial charge on any atom is -0.489 e. The topological polar surface area (TPSA) is 63.4 Å². The lowest BCUT2D eigenvalue weighted by atomic mass is 9.49. The summed E-state index contributed by atoms with van der Waals surface area (Å²) in [7, 11) is 0. The molecule has 3 aliphatic rings. The van der Waals surface area contributed by atoms with Crippen molar-refractivity contribution in [1.82, 2.24) is 9.80 Å². The molecule has 0 aromatic heterocycles. The van der Waals surface area contributed by atoms with Crippen molar-refractivity contribution in [1.29, 1.82) is 0 Å². The molecule has 0 spiro atoms. The standard InChI is InChI=1S/C34H38ClN3O4/c1-7-41-29(39)15-16-37-19-23(20-37)10-8-9-22-11-13-26-24(17-22)21-38(30(26)40)31-33(2,3)32(34(31,4)5)42-25-12-14-28(36-6)27(35)18-25/h11-14,17-18,23,31-32H,7,10,15-16,19-21H2,1-5H3. The number of carbonyl (C=O) groups excluding carboxylic acids is 2. The molecule has 1 saturated carbocycles. The van der Waals surface area contributed by atoms with E-state index < -0.39 is 0 Å². The zero-order valence-corrected chi connectivity index (χ0v) is 25.8. The Labute approximate surface area is 253 Å². The number of benzene rings is 2. The van der Waals surface area contributed by atoms with Gasteiger partial charge in [0, 0.05) is 60.6 Å². The molecule has 1 amide bonds. The van der Waals surface area contributed by atoms with Crippen LogP contribution in [0.3, 0.4) is 0 Å². The van der Waals surface area contributed by atoms with Gasteiger partial charge in [-0.3, -0.25) is 9.59 Å². The molecule has 5 rings (SSSR count). The Bertz CT molecular complexity index is 1480. The van der Waals surface area contributed by atoms with Crippen molar-refractivity contribution in [2.24, 2.45) is 16.7 Å². The van der Waals surface area contributed by atoms with Crippen molar-refractivity contribution in [3.63, 3.8) is 0 Å². The Hall–Kier alpha value is -3.52. The molecular formula is C34H38ClN3O4. The number of halogens is 1. The van der Waals surface area contributed by atoms with Gasteiger partial charge in [-0.05, 0) is 48.7 Å². The van der Waals surface area contributed by atoms with Gasteiger partial charge in [0.2, 0.25) is 5.69 Å². The monoisotopic (exact) mass is 587 g/mol. The average Bonchev–Trinajstić information content (AvgIpc) is 3.22. The lowest BCUT2D eigenvalue weighted by molar-refractivity contribution is -0.199. The molecule has 1 aliphatic carbocycles. The molecule has 0 N–H and O–H groups in total. The molecule has 1 saturated heterocycles. The second-order valence-electron chi connectivity index (χ2n) is 12.8. The fraction of sp³-hybridized carbons (Fsp3) is 0.500. The van der Waals surface area contributed by atoms with Crippen LogP contribution in [-0.4, -0.2) is 60.1 Å². The van der Waals surface area contributed by atoms with Crippen molar-refractivity contribution >= 4 is 29.2 Å². The smallest absolute Gasteiger partial charge is 0.307 e. The molecule has 0 radical (unpaired) electrons. The first-order valence-corrected chi connectivity index (χ1v) is 15.0. The molecule has 0 atom stereocenters. The summed E-state index contributed by atoms with van der Waals surface area (Å²) in [6.07, 6.45) is 1.11. The molecule has 2 heterocycles. The maximum Gasteiger partial charge on any atom is 0.307 e. The van der Waals surface area contributed by atoms with Gasteiger partial charge in [0.15, 0.2) is 0 Å². The molecule has 42 heavy (non-hydrogen) atoms. The first-order chi connectivity index (χ1) is 19.9. The summed E-state index contributed by atoms with van der Waals surface area (Å²) in [5.74, 6) is 7.69. The van der Waals surface area contributed by atoms with Gasteiger partial charge in [0.25, 0.3) is 5.91 Å². The Morgan fingerprint density at radius 2 is 1.88 bits per heavy atom. The number of hydrogen-bond donors (Lipinski definition) is 0. The van der Waals surface area contributed by atoms with E-state index in [-0.39, 0.29) is 34.9 Å². The predicted octanol–water partition coefficient (Wildman–Crippen LogP) is 6.36. The van der Waals surface area contributed by atoms with E-state index in [4.69, 9.17) is 27.6 Å². The Balaban J connectivity index is 1.19. The van der Waals surface area contributed by atoms with Gasteiger partial charge in [-0.25, -0.2) is 4.85 Å². The fourth-order valence-corrected chi connectivity index (χ4v) is 7.61. The predicted molar refractivity (Wildman–Crippen MR) is 162 cm³/mol. The molecule has 8 heteroatoms. The zero-order valence-electron chi connectivity index (χ0n) is 25.0. The van der Waals surface area contributed by atoms with E-state index in [9.17, 15) is 9.59 Å². The van der Waals surface area contributed by atoms with Crippen molar-refractivity contribution in [2.75, 3.05) is 26.2 Å². The van der Waals surface area contributed by atoms with E-state index in [0.29, 0.717) is 41.9 Å². The fourth-order valence-electron chi connectivity index (χ4n) is 7.40. The molecular weight excluding hydrogens is 550 g/mol. The number of hydrogen-bond acceptors (Lipinski definition) is 5. The summed E-state index contributed by atoms with van der Waals surface area (Å²) >= 11 is 6.25. The maximum absolute atomic E-state index is 13.6. The lowest BCUT2D eigenvalue weighted by Gasteiger charge is -2.65. The number of nitrogens with zero attached hydrogens (tertiary/aromatic N) is 3. The summed E-state index contributed by atoms with van der Waals surface area (Å²) in [6.45, 7) is 21.3. The highest BCUT2D eigenvalue weighted by molar-refractivity contribution is 6.33. The van der Waals surface area contributed by atoms with Crippen LogP contribution in [-0.2, 0) is 16.1 Å². The van der Waals surface area contributed by atoms with Crippen LogP contribution in [0, 0.1) is 35.2 Å². The van der Waals surface area contributed by atoms with Crippen molar-refractivity contribution in [2.45, 2.75) is 66.2 Å². The van der Waals surface area contributed by atoms with Crippen LogP contribution in [0.5, 0.6) is 5.75 Å². The normalized spacial score (nSPS) is 22.2. The van der Waals surface area contributed by atoms with Crippen LogP contribution in [0.2, 0.25) is 5.02 Å². The van der Waals surface area contributed by atoms with Crippen molar-refractivity contribution < 1.29 is 19.1 Å². The molecule has 0 bridgehead atoms. The number of esters is 1. The lowest BCUT2D eigenvalue weighted by Crippen LogP contribution is -2.74. The van der Waals surface area contributed by atoms with Crippen molar-refractivity contribution in [3.8, 4) is 17.6 Å². The molecule has 2 fully saturated rings. The highest BCUT2D eigenvalue weighted by Gasteiger charge is 2.66. The Morgan fingerprint density at radius 1 is 1.14 bits per heavy atom. The third kappa shape index (κ3) is 5.61. The maximum atomic E-state index is 13.6.